The first-order valence-electron chi connectivity index (χ1n) is 6.45. The third kappa shape index (κ3) is 2.31. The summed E-state index contributed by atoms with van der Waals surface area (Å²) in [6, 6.07) is 10.9. The molecular formula is C15H15N3O2. The van der Waals surface area contributed by atoms with Crippen LogP contribution in [0.4, 0.5) is 5.69 Å². The number of benzene rings is 1. The molecule has 0 saturated heterocycles. The molecular weight excluding hydrogens is 254 g/mol. The van der Waals surface area contributed by atoms with Gasteiger partial charge in [-0.25, -0.2) is 5.01 Å². The largest absolute Gasteiger partial charge is 0.507 e. The van der Waals surface area contributed by atoms with Crippen LogP contribution < -0.4 is 10.6 Å². The van der Waals surface area contributed by atoms with E-state index in [2.05, 4.69) is 17.5 Å². The number of rotatable bonds is 3. The summed E-state index contributed by atoms with van der Waals surface area (Å²) in [4.78, 5) is 9.68. The summed E-state index contributed by atoms with van der Waals surface area (Å²) in [5.41, 5.74) is 5.39. The van der Waals surface area contributed by atoms with Crippen LogP contribution in [0.2, 0.25) is 0 Å². The van der Waals surface area contributed by atoms with Crippen LogP contribution in [0.3, 0.4) is 0 Å². The molecule has 1 aliphatic heterocycles. The average Bonchev–Trinajstić information content (AvgIpc) is 2.97. The van der Waals surface area contributed by atoms with Gasteiger partial charge in [0.1, 0.15) is 5.75 Å². The van der Waals surface area contributed by atoms with Crippen LogP contribution in [0.25, 0.3) is 5.76 Å². The zero-order valence-corrected chi connectivity index (χ0v) is 11.1. The molecule has 2 N–H and O–H groups in total. The highest BCUT2D eigenvalue weighted by atomic mass is 16.7. The Kier molecular flexibility index (Phi) is 3.26. The minimum absolute atomic E-state index is 0.186. The fourth-order valence-corrected chi connectivity index (χ4v) is 2.01. The first-order valence-corrected chi connectivity index (χ1v) is 6.45. The Morgan fingerprint density at radius 1 is 1.30 bits per heavy atom. The van der Waals surface area contributed by atoms with Crippen molar-refractivity contribution in [2.24, 2.45) is 0 Å². The van der Waals surface area contributed by atoms with Crippen molar-refractivity contribution in [1.82, 2.24) is 10.6 Å². The molecule has 2 heterocycles. The second kappa shape index (κ2) is 5.22. The number of hydrogen-bond acceptors (Lipinski definition) is 5. The highest BCUT2D eigenvalue weighted by molar-refractivity contribution is 5.69. The molecule has 5 nitrogen and oxygen atoms in total. The normalized spacial score (nSPS) is 14.1. The van der Waals surface area contributed by atoms with Gasteiger partial charge in [0.25, 0.3) is 0 Å². The van der Waals surface area contributed by atoms with Gasteiger partial charge in [0.05, 0.1) is 17.5 Å². The highest BCUT2D eigenvalue weighted by Crippen LogP contribution is 2.29. The summed E-state index contributed by atoms with van der Waals surface area (Å²) < 4.78 is 0. The van der Waals surface area contributed by atoms with Crippen molar-refractivity contribution in [1.29, 1.82) is 0 Å². The van der Waals surface area contributed by atoms with Gasteiger partial charge in [-0.3, -0.25) is 4.98 Å². The second-order valence-electron chi connectivity index (χ2n) is 4.43. The van der Waals surface area contributed by atoms with Gasteiger partial charge in [0.15, 0.2) is 5.76 Å². The molecule has 0 fully saturated rings. The molecule has 0 radical (unpaired) electrons. The number of hydrazine groups is 1. The van der Waals surface area contributed by atoms with Gasteiger partial charge < -0.3 is 9.94 Å². The first kappa shape index (κ1) is 12.5. The fraction of sp³-hybridized carbons (Fsp3) is 0.133. The molecule has 5 heteroatoms. The van der Waals surface area contributed by atoms with E-state index in [4.69, 9.17) is 4.84 Å². The summed E-state index contributed by atoms with van der Waals surface area (Å²) in [5, 5.41) is 11.6. The predicted octanol–water partition coefficient (Wildman–Crippen LogP) is 2.60. The van der Waals surface area contributed by atoms with E-state index < -0.39 is 0 Å². The number of phenols is 1. The molecule has 20 heavy (non-hydrogen) atoms. The molecule has 1 aliphatic rings. The maximum atomic E-state index is 9.83. The maximum Gasteiger partial charge on any atom is 0.178 e. The zero-order valence-electron chi connectivity index (χ0n) is 11.1. The molecule has 1 aromatic carbocycles. The summed E-state index contributed by atoms with van der Waals surface area (Å²) in [5.74, 6) is 0.754. The van der Waals surface area contributed by atoms with Gasteiger partial charge >= 0.3 is 0 Å². The van der Waals surface area contributed by atoms with Gasteiger partial charge in [-0.05, 0) is 30.7 Å². The average molecular weight is 269 g/mol. The van der Waals surface area contributed by atoms with Crippen molar-refractivity contribution in [3.8, 4) is 5.75 Å². The number of pyridine rings is 1. The van der Waals surface area contributed by atoms with E-state index in [1.807, 2.05) is 18.2 Å². The second-order valence-corrected chi connectivity index (χ2v) is 4.43. The predicted molar refractivity (Wildman–Crippen MR) is 76.4 cm³/mol. The summed E-state index contributed by atoms with van der Waals surface area (Å²) >= 11 is 0. The van der Waals surface area contributed by atoms with Gasteiger partial charge in [0.2, 0.25) is 0 Å². The molecule has 0 unspecified atom stereocenters. The van der Waals surface area contributed by atoms with Crippen molar-refractivity contribution in [2.45, 2.75) is 13.3 Å². The van der Waals surface area contributed by atoms with Gasteiger partial charge in [-0.2, -0.15) is 0 Å². The molecule has 0 spiro atoms. The van der Waals surface area contributed by atoms with E-state index in [0.29, 0.717) is 11.3 Å². The van der Waals surface area contributed by atoms with Crippen LogP contribution in [0.15, 0.2) is 48.8 Å². The SMILES string of the molecule is CCc1cc(N2C=C(c3ccccc3O)ON2)ccn1. The third-order valence-corrected chi connectivity index (χ3v) is 3.11. The number of aryl methyl sites for hydroxylation is 1. The lowest BCUT2D eigenvalue weighted by Crippen LogP contribution is -2.27. The number of aromatic nitrogens is 1. The number of anilines is 1. The molecule has 0 saturated carbocycles. The zero-order chi connectivity index (χ0) is 13.9. The molecule has 0 aliphatic carbocycles. The summed E-state index contributed by atoms with van der Waals surface area (Å²) in [7, 11) is 0. The third-order valence-electron chi connectivity index (χ3n) is 3.11. The topological polar surface area (TPSA) is 57.6 Å². The lowest BCUT2D eigenvalue weighted by molar-refractivity contribution is 0.179. The van der Waals surface area contributed by atoms with Crippen LogP contribution in [-0.4, -0.2) is 10.1 Å². The highest BCUT2D eigenvalue weighted by Gasteiger charge is 2.19. The van der Waals surface area contributed by atoms with E-state index in [9.17, 15) is 5.11 Å². The molecule has 0 bridgehead atoms. The Hall–Kier alpha value is -2.53. The van der Waals surface area contributed by atoms with Crippen LogP contribution in [0.1, 0.15) is 18.2 Å². The van der Waals surface area contributed by atoms with Gasteiger partial charge in [-0.15, -0.1) is 0 Å². The van der Waals surface area contributed by atoms with E-state index in [0.717, 1.165) is 17.8 Å². The molecule has 102 valence electrons. The monoisotopic (exact) mass is 269 g/mol. The number of hydrogen-bond donors (Lipinski definition) is 2. The molecule has 3 rings (SSSR count). The number of nitrogens with one attached hydrogen (secondary N) is 1. The Balaban J connectivity index is 1.89. The minimum atomic E-state index is 0.186. The summed E-state index contributed by atoms with van der Waals surface area (Å²) in [6.45, 7) is 2.06. The van der Waals surface area contributed by atoms with E-state index in [1.165, 1.54) is 0 Å². The Morgan fingerprint density at radius 3 is 2.95 bits per heavy atom. The fourth-order valence-electron chi connectivity index (χ4n) is 2.01. The number of phenolic OH excluding ortho intramolecular Hbond substituents is 1. The lowest BCUT2D eigenvalue weighted by Gasteiger charge is -2.13. The summed E-state index contributed by atoms with van der Waals surface area (Å²) in [6.07, 6.45) is 4.43. The van der Waals surface area contributed by atoms with Crippen molar-refractivity contribution in [3.63, 3.8) is 0 Å². The van der Waals surface area contributed by atoms with Crippen molar-refractivity contribution in [2.75, 3.05) is 5.01 Å². The molecule has 2 aromatic rings. The molecule has 0 amide bonds. The molecule has 0 atom stereocenters. The van der Waals surface area contributed by atoms with E-state index >= 15 is 0 Å². The smallest absolute Gasteiger partial charge is 0.178 e. The van der Waals surface area contributed by atoms with Crippen LogP contribution in [-0.2, 0) is 11.3 Å². The van der Waals surface area contributed by atoms with Gasteiger partial charge in [-0.1, -0.05) is 24.6 Å². The number of nitrogens with zero attached hydrogens (tertiary/aromatic N) is 2. The van der Waals surface area contributed by atoms with Crippen molar-refractivity contribution < 1.29 is 9.94 Å². The lowest BCUT2D eigenvalue weighted by atomic mass is 10.2. The Bertz CT molecular complexity index is 655. The van der Waals surface area contributed by atoms with Crippen molar-refractivity contribution in [3.05, 3.63) is 60.1 Å². The Morgan fingerprint density at radius 2 is 2.15 bits per heavy atom. The number of aromatic hydroxyl groups is 1. The quantitative estimate of drug-likeness (QED) is 0.897. The first-order chi connectivity index (χ1) is 9.78. The Labute approximate surface area is 117 Å². The van der Waals surface area contributed by atoms with Crippen LogP contribution in [0, 0.1) is 0 Å². The number of para-hydroxylation sites is 1. The van der Waals surface area contributed by atoms with Crippen LogP contribution >= 0.6 is 0 Å². The standard InChI is InChI=1S/C15H15N3O2/c1-2-11-9-12(7-8-16-11)18-10-15(20-17-18)13-5-3-4-6-14(13)19/h3-10,17,19H,2H2,1H3. The van der Waals surface area contributed by atoms with E-state index in [-0.39, 0.29) is 5.75 Å². The molecule has 1 aromatic heterocycles. The van der Waals surface area contributed by atoms with E-state index in [1.54, 1.807) is 35.6 Å². The van der Waals surface area contributed by atoms with Gasteiger partial charge in [0, 0.05) is 11.9 Å². The van der Waals surface area contributed by atoms with Crippen molar-refractivity contribution >= 4 is 11.4 Å². The maximum absolute atomic E-state index is 9.83. The minimum Gasteiger partial charge on any atom is -0.507 e. The van der Waals surface area contributed by atoms with Crippen LogP contribution in [0.5, 0.6) is 5.75 Å².